The smallest absolute Gasteiger partial charge is 0.139 e. The van der Waals surface area contributed by atoms with E-state index in [4.69, 9.17) is 9.47 Å². The Morgan fingerprint density at radius 1 is 1.00 bits per heavy atom. The first kappa shape index (κ1) is 28.6. The van der Waals surface area contributed by atoms with Gasteiger partial charge in [-0.15, -0.1) is 0 Å². The van der Waals surface area contributed by atoms with E-state index >= 15 is 0 Å². The zero-order chi connectivity index (χ0) is 27.8. The number of hydrogen-bond donors (Lipinski definition) is 0. The quantitative estimate of drug-likeness (QED) is 0.293. The third-order valence-corrected chi connectivity index (χ3v) is 6.85. The van der Waals surface area contributed by atoms with Crippen molar-refractivity contribution in [3.63, 3.8) is 0 Å². The van der Waals surface area contributed by atoms with Gasteiger partial charge in [0, 0.05) is 79.9 Å². The van der Waals surface area contributed by atoms with Crippen molar-refractivity contribution < 1.29 is 18.7 Å². The number of Topliss-reactive ketones (excluding diaryl/α,β-unsaturated/α-hetero) is 1. The van der Waals surface area contributed by atoms with E-state index in [0.29, 0.717) is 37.7 Å². The van der Waals surface area contributed by atoms with Gasteiger partial charge in [-0.2, -0.15) is 0 Å². The van der Waals surface area contributed by atoms with Crippen LogP contribution in [0, 0.1) is 11.7 Å². The summed E-state index contributed by atoms with van der Waals surface area (Å²) in [6.45, 7) is 11.2. The summed E-state index contributed by atoms with van der Waals surface area (Å²) in [5, 5.41) is 0. The van der Waals surface area contributed by atoms with E-state index in [9.17, 15) is 9.18 Å². The zero-order valence-electron chi connectivity index (χ0n) is 23.6. The van der Waals surface area contributed by atoms with Gasteiger partial charge in [-0.05, 0) is 62.2 Å². The highest BCUT2D eigenvalue weighted by molar-refractivity contribution is 5.82. The Kier molecular flexibility index (Phi) is 9.93. The van der Waals surface area contributed by atoms with Gasteiger partial charge < -0.3 is 19.3 Å². The number of aromatic nitrogens is 1. The molecule has 1 aliphatic heterocycles. The van der Waals surface area contributed by atoms with Gasteiger partial charge in [0.25, 0.3) is 0 Å². The molecule has 3 aromatic rings. The Balaban J connectivity index is 1.40. The molecule has 6 nitrogen and oxygen atoms in total. The van der Waals surface area contributed by atoms with E-state index in [1.807, 2.05) is 51.2 Å². The van der Waals surface area contributed by atoms with Crippen LogP contribution in [0.1, 0.15) is 38.4 Å². The molecule has 1 saturated heterocycles. The van der Waals surface area contributed by atoms with Crippen LogP contribution in [0.3, 0.4) is 0 Å². The lowest BCUT2D eigenvalue weighted by molar-refractivity contribution is -0.118. The van der Waals surface area contributed by atoms with Gasteiger partial charge in [0.1, 0.15) is 23.1 Å². The molecule has 39 heavy (non-hydrogen) atoms. The van der Waals surface area contributed by atoms with E-state index < -0.39 is 0 Å². The number of halogens is 1. The average molecular weight is 534 g/mol. The lowest BCUT2D eigenvalue weighted by atomic mass is 10.0. The van der Waals surface area contributed by atoms with Crippen molar-refractivity contribution in [3.05, 3.63) is 71.8 Å². The standard InChI is InChI=1S/C32H40FN3O3/c1-5-38-29-10-11-31(32(20-29)36-14-12-35(4)13-15-36)25-7-8-27(34-21-25)19-28(37)9-6-24-16-26(33)18-30(17-24)39-22-23(2)3/h7-8,10-11,16-18,20-21,23H,5-6,9,12-15,19,22H2,1-4H3. The summed E-state index contributed by atoms with van der Waals surface area (Å²) in [6.07, 6.45) is 2.89. The van der Waals surface area contributed by atoms with E-state index in [-0.39, 0.29) is 18.0 Å². The van der Waals surface area contributed by atoms with E-state index in [1.165, 1.54) is 12.1 Å². The number of pyridine rings is 1. The van der Waals surface area contributed by atoms with Crippen LogP contribution in [0.4, 0.5) is 10.1 Å². The Morgan fingerprint density at radius 3 is 2.49 bits per heavy atom. The summed E-state index contributed by atoms with van der Waals surface area (Å²) >= 11 is 0. The van der Waals surface area contributed by atoms with Crippen LogP contribution in [-0.2, 0) is 17.6 Å². The summed E-state index contributed by atoms with van der Waals surface area (Å²) in [5.74, 6) is 1.45. The van der Waals surface area contributed by atoms with Crippen molar-refractivity contribution >= 4 is 11.5 Å². The Labute approximate surface area is 231 Å². The number of benzene rings is 2. The molecular weight excluding hydrogens is 493 g/mol. The van der Waals surface area contributed by atoms with Crippen LogP contribution >= 0.6 is 0 Å². The molecule has 0 unspecified atom stereocenters. The molecule has 4 rings (SSSR count). The highest BCUT2D eigenvalue weighted by Gasteiger charge is 2.19. The number of piperazine rings is 1. The number of hydrogen-bond acceptors (Lipinski definition) is 6. The fourth-order valence-electron chi connectivity index (χ4n) is 4.69. The molecule has 1 aromatic heterocycles. The third kappa shape index (κ3) is 8.27. The van der Waals surface area contributed by atoms with Gasteiger partial charge >= 0.3 is 0 Å². The van der Waals surface area contributed by atoms with E-state index in [2.05, 4.69) is 34.0 Å². The van der Waals surface area contributed by atoms with Crippen molar-refractivity contribution in [2.45, 2.75) is 40.0 Å². The Morgan fingerprint density at radius 2 is 1.79 bits per heavy atom. The number of carbonyl (C=O) groups excluding carboxylic acids is 1. The second-order valence-electron chi connectivity index (χ2n) is 10.7. The van der Waals surface area contributed by atoms with E-state index in [1.54, 1.807) is 0 Å². The zero-order valence-corrected chi connectivity index (χ0v) is 23.6. The molecule has 0 N–H and O–H groups in total. The molecule has 0 bridgehead atoms. The summed E-state index contributed by atoms with van der Waals surface area (Å²) in [7, 11) is 2.15. The van der Waals surface area contributed by atoms with Crippen molar-refractivity contribution in [2.24, 2.45) is 5.92 Å². The van der Waals surface area contributed by atoms with Gasteiger partial charge in [-0.25, -0.2) is 4.39 Å². The number of carbonyl (C=O) groups is 1. The minimum atomic E-state index is -0.346. The first-order valence-corrected chi connectivity index (χ1v) is 13.9. The fraction of sp³-hybridized carbons (Fsp3) is 0.438. The molecule has 0 amide bonds. The van der Waals surface area contributed by atoms with Crippen molar-refractivity contribution in [1.82, 2.24) is 9.88 Å². The van der Waals surface area contributed by atoms with Crippen molar-refractivity contribution in [3.8, 4) is 22.6 Å². The van der Waals surface area contributed by atoms with Crippen LogP contribution < -0.4 is 14.4 Å². The number of aryl methyl sites for hydroxylation is 1. The monoisotopic (exact) mass is 533 g/mol. The summed E-state index contributed by atoms with van der Waals surface area (Å²) in [5.41, 5.74) is 4.76. The first-order valence-electron chi connectivity index (χ1n) is 13.9. The number of rotatable bonds is 12. The van der Waals surface area contributed by atoms with Gasteiger partial charge in [0.05, 0.1) is 13.2 Å². The molecule has 0 spiro atoms. The predicted molar refractivity (Wildman–Crippen MR) is 154 cm³/mol. The summed E-state index contributed by atoms with van der Waals surface area (Å²) in [4.78, 5) is 22.1. The number of ketones is 1. The number of anilines is 1. The number of ether oxygens (including phenoxy) is 2. The maximum atomic E-state index is 14.0. The molecule has 208 valence electrons. The normalized spacial score (nSPS) is 14.1. The molecule has 0 atom stereocenters. The molecular formula is C32H40FN3O3. The van der Waals surface area contributed by atoms with E-state index in [0.717, 1.165) is 60.0 Å². The van der Waals surface area contributed by atoms with Gasteiger partial charge in [-0.3, -0.25) is 9.78 Å². The first-order chi connectivity index (χ1) is 18.8. The Hall–Kier alpha value is -3.45. The van der Waals surface area contributed by atoms with Crippen LogP contribution in [0.25, 0.3) is 11.1 Å². The topological polar surface area (TPSA) is 54.9 Å². The van der Waals surface area contributed by atoms with Crippen LogP contribution in [0.5, 0.6) is 11.5 Å². The predicted octanol–water partition coefficient (Wildman–Crippen LogP) is 5.82. The summed E-state index contributed by atoms with van der Waals surface area (Å²) in [6, 6.07) is 14.9. The lowest BCUT2D eigenvalue weighted by Crippen LogP contribution is -2.44. The molecule has 1 fully saturated rings. The second kappa shape index (κ2) is 13.6. The van der Waals surface area contributed by atoms with Crippen LogP contribution in [0.2, 0.25) is 0 Å². The molecule has 0 radical (unpaired) electrons. The van der Waals surface area contributed by atoms with Crippen LogP contribution in [0.15, 0.2) is 54.7 Å². The SMILES string of the molecule is CCOc1ccc(-c2ccc(CC(=O)CCc3cc(F)cc(OCC(C)C)c3)nc2)c(N2CCN(C)CC2)c1. The third-order valence-electron chi connectivity index (χ3n) is 6.85. The number of likely N-dealkylation sites (N-methyl/N-ethyl adjacent to an activating group) is 1. The molecule has 0 aliphatic carbocycles. The fourth-order valence-corrected chi connectivity index (χ4v) is 4.69. The largest absolute Gasteiger partial charge is 0.494 e. The minimum absolute atomic E-state index is 0.0725. The van der Waals surface area contributed by atoms with Crippen molar-refractivity contribution in [2.75, 3.05) is 51.3 Å². The molecule has 0 saturated carbocycles. The summed E-state index contributed by atoms with van der Waals surface area (Å²) < 4.78 is 25.5. The Bertz CT molecular complexity index is 1240. The number of nitrogens with zero attached hydrogens (tertiary/aromatic N) is 3. The lowest BCUT2D eigenvalue weighted by Gasteiger charge is -2.35. The highest BCUT2D eigenvalue weighted by atomic mass is 19.1. The molecule has 7 heteroatoms. The van der Waals surface area contributed by atoms with Gasteiger partial charge in [-0.1, -0.05) is 19.9 Å². The van der Waals surface area contributed by atoms with Crippen molar-refractivity contribution in [1.29, 1.82) is 0 Å². The minimum Gasteiger partial charge on any atom is -0.494 e. The van der Waals surface area contributed by atoms with Crippen LogP contribution in [-0.4, -0.2) is 62.1 Å². The highest BCUT2D eigenvalue weighted by Crippen LogP contribution is 2.34. The molecule has 2 heterocycles. The molecule has 2 aromatic carbocycles. The van der Waals surface area contributed by atoms with Gasteiger partial charge in [0.15, 0.2) is 0 Å². The molecule has 1 aliphatic rings. The van der Waals surface area contributed by atoms with Gasteiger partial charge in [0.2, 0.25) is 0 Å². The second-order valence-corrected chi connectivity index (χ2v) is 10.7. The average Bonchev–Trinajstić information content (AvgIpc) is 2.92. The maximum absolute atomic E-state index is 14.0. The maximum Gasteiger partial charge on any atom is 0.139 e.